The lowest BCUT2D eigenvalue weighted by Crippen LogP contribution is -2.39. The third kappa shape index (κ3) is 4.39. The van der Waals surface area contributed by atoms with E-state index in [-0.39, 0.29) is 18.4 Å². The fourth-order valence-corrected chi connectivity index (χ4v) is 3.51. The number of aromatic nitrogens is 2. The van der Waals surface area contributed by atoms with Crippen molar-refractivity contribution in [1.29, 1.82) is 0 Å². The van der Waals surface area contributed by atoms with Crippen molar-refractivity contribution >= 4 is 5.91 Å². The zero-order chi connectivity index (χ0) is 20.1. The monoisotopic (exact) mass is 393 g/mol. The molecule has 4 rings (SSSR count). The van der Waals surface area contributed by atoms with Crippen LogP contribution in [0.1, 0.15) is 40.9 Å². The Morgan fingerprint density at radius 3 is 2.76 bits per heavy atom. The van der Waals surface area contributed by atoms with Gasteiger partial charge in [0.2, 0.25) is 5.89 Å². The number of para-hydroxylation sites is 2. The number of amides is 1. The molecule has 1 fully saturated rings. The second-order valence-corrected chi connectivity index (χ2v) is 6.93. The van der Waals surface area contributed by atoms with Gasteiger partial charge in [-0.15, -0.1) is 10.2 Å². The molecule has 1 amide bonds. The Hall–Kier alpha value is -3.35. The molecule has 29 heavy (non-hydrogen) atoms. The van der Waals surface area contributed by atoms with E-state index in [9.17, 15) is 4.79 Å². The van der Waals surface area contributed by atoms with Gasteiger partial charge in [-0.3, -0.25) is 4.79 Å². The average Bonchev–Trinajstić information content (AvgIpc) is 3.27. The second-order valence-electron chi connectivity index (χ2n) is 6.93. The van der Waals surface area contributed by atoms with Crippen LogP contribution in [0.3, 0.4) is 0 Å². The summed E-state index contributed by atoms with van der Waals surface area (Å²) in [5.74, 6) is 2.28. The molecule has 0 radical (unpaired) electrons. The van der Waals surface area contributed by atoms with E-state index in [2.05, 4.69) is 10.2 Å². The molecule has 1 aliphatic heterocycles. The molecular weight excluding hydrogens is 370 g/mol. The highest BCUT2D eigenvalue weighted by Crippen LogP contribution is 2.28. The van der Waals surface area contributed by atoms with E-state index in [0.29, 0.717) is 36.2 Å². The zero-order valence-electron chi connectivity index (χ0n) is 16.3. The highest BCUT2D eigenvalue weighted by molar-refractivity contribution is 5.97. The number of methoxy groups -OCH3 is 1. The van der Waals surface area contributed by atoms with Crippen LogP contribution in [0.25, 0.3) is 0 Å². The molecule has 0 N–H and O–H groups in total. The molecule has 1 aromatic heterocycles. The van der Waals surface area contributed by atoms with Crippen LogP contribution in [0.5, 0.6) is 11.5 Å². The number of ether oxygens (including phenoxy) is 2. The first-order valence-electron chi connectivity index (χ1n) is 9.67. The van der Waals surface area contributed by atoms with Crippen molar-refractivity contribution in [3.8, 4) is 11.5 Å². The molecule has 0 spiro atoms. The van der Waals surface area contributed by atoms with Crippen molar-refractivity contribution in [2.75, 3.05) is 20.2 Å². The van der Waals surface area contributed by atoms with Crippen molar-refractivity contribution in [2.45, 2.75) is 25.4 Å². The Labute approximate surface area is 169 Å². The van der Waals surface area contributed by atoms with E-state index < -0.39 is 0 Å². The molecule has 7 nitrogen and oxygen atoms in total. The summed E-state index contributed by atoms with van der Waals surface area (Å²) < 4.78 is 16.8. The molecule has 0 bridgehead atoms. The van der Waals surface area contributed by atoms with Crippen molar-refractivity contribution in [2.24, 2.45) is 0 Å². The van der Waals surface area contributed by atoms with Crippen LogP contribution in [0.2, 0.25) is 0 Å². The fraction of sp³-hybridized carbons (Fsp3) is 0.318. The molecule has 1 saturated heterocycles. The van der Waals surface area contributed by atoms with Gasteiger partial charge < -0.3 is 18.8 Å². The number of benzene rings is 2. The molecule has 0 aliphatic carbocycles. The molecule has 1 aliphatic rings. The lowest BCUT2D eigenvalue weighted by atomic mass is 9.97. The molecule has 3 aromatic rings. The normalized spacial score (nSPS) is 16.4. The van der Waals surface area contributed by atoms with Crippen LogP contribution in [0, 0.1) is 0 Å². The smallest absolute Gasteiger partial charge is 0.257 e. The summed E-state index contributed by atoms with van der Waals surface area (Å²) >= 11 is 0. The number of hydrogen-bond donors (Lipinski definition) is 0. The molecule has 1 atom stereocenters. The minimum Gasteiger partial charge on any atom is -0.496 e. The fourth-order valence-electron chi connectivity index (χ4n) is 3.51. The average molecular weight is 393 g/mol. The van der Waals surface area contributed by atoms with E-state index in [1.807, 2.05) is 47.4 Å². The van der Waals surface area contributed by atoms with Crippen LogP contribution in [-0.4, -0.2) is 41.2 Å². The Balaban J connectivity index is 1.41. The maximum absolute atomic E-state index is 13.0. The first-order valence-corrected chi connectivity index (χ1v) is 9.67. The number of carbonyl (C=O) groups excluding carboxylic acids is 1. The topological polar surface area (TPSA) is 77.7 Å². The van der Waals surface area contributed by atoms with Crippen LogP contribution in [0.15, 0.2) is 59.0 Å². The SMILES string of the molecule is COc1ccccc1C(=O)N1CCCC(c2nnc(COc3ccccc3)o2)C1. The van der Waals surface area contributed by atoms with E-state index in [1.54, 1.807) is 19.2 Å². The predicted octanol–water partition coefficient (Wildman–Crippen LogP) is 3.68. The number of piperidine rings is 1. The van der Waals surface area contributed by atoms with Crippen LogP contribution in [-0.2, 0) is 6.61 Å². The second kappa shape index (κ2) is 8.77. The first kappa shape index (κ1) is 19.0. The van der Waals surface area contributed by atoms with Gasteiger partial charge in [0.15, 0.2) is 6.61 Å². The summed E-state index contributed by atoms with van der Waals surface area (Å²) in [6.07, 6.45) is 1.78. The largest absolute Gasteiger partial charge is 0.496 e. The Morgan fingerprint density at radius 2 is 1.93 bits per heavy atom. The highest BCUT2D eigenvalue weighted by atomic mass is 16.5. The predicted molar refractivity (Wildman–Crippen MR) is 106 cm³/mol. The number of carbonyl (C=O) groups is 1. The number of rotatable bonds is 6. The molecule has 150 valence electrons. The highest BCUT2D eigenvalue weighted by Gasteiger charge is 2.30. The Bertz CT molecular complexity index is 957. The van der Waals surface area contributed by atoms with E-state index in [1.165, 1.54) is 0 Å². The van der Waals surface area contributed by atoms with E-state index in [4.69, 9.17) is 13.9 Å². The van der Waals surface area contributed by atoms with Gasteiger partial charge in [0.05, 0.1) is 18.6 Å². The van der Waals surface area contributed by atoms with Crippen molar-refractivity contribution in [1.82, 2.24) is 15.1 Å². The van der Waals surface area contributed by atoms with Gasteiger partial charge in [-0.2, -0.15) is 0 Å². The third-order valence-electron chi connectivity index (χ3n) is 4.98. The van der Waals surface area contributed by atoms with Crippen molar-refractivity contribution in [3.05, 3.63) is 71.9 Å². The number of hydrogen-bond acceptors (Lipinski definition) is 6. The lowest BCUT2D eigenvalue weighted by Gasteiger charge is -2.31. The van der Waals surface area contributed by atoms with Crippen LogP contribution >= 0.6 is 0 Å². The van der Waals surface area contributed by atoms with E-state index in [0.717, 1.165) is 18.6 Å². The standard InChI is InChI=1S/C22H23N3O4/c1-27-19-12-6-5-11-18(19)22(26)25-13-7-8-16(14-25)21-24-23-20(29-21)15-28-17-9-3-2-4-10-17/h2-6,9-12,16H,7-8,13-15H2,1H3. The molecule has 0 saturated carbocycles. The molecule has 2 heterocycles. The minimum absolute atomic E-state index is 0.0142. The molecule has 7 heteroatoms. The number of likely N-dealkylation sites (tertiary alicyclic amines) is 1. The zero-order valence-corrected chi connectivity index (χ0v) is 16.3. The lowest BCUT2D eigenvalue weighted by molar-refractivity contribution is 0.0694. The summed E-state index contributed by atoms with van der Waals surface area (Å²) in [6, 6.07) is 16.8. The molecule has 2 aromatic carbocycles. The van der Waals surface area contributed by atoms with Gasteiger partial charge in [0.1, 0.15) is 11.5 Å². The Kier molecular flexibility index (Phi) is 5.74. The quantitative estimate of drug-likeness (QED) is 0.636. The summed E-state index contributed by atoms with van der Waals surface area (Å²) in [6.45, 7) is 1.46. The van der Waals surface area contributed by atoms with Gasteiger partial charge in [-0.25, -0.2) is 0 Å². The van der Waals surface area contributed by atoms with Gasteiger partial charge in [0, 0.05) is 13.1 Å². The molecular formula is C22H23N3O4. The maximum Gasteiger partial charge on any atom is 0.257 e. The van der Waals surface area contributed by atoms with Crippen LogP contribution < -0.4 is 9.47 Å². The van der Waals surface area contributed by atoms with Crippen molar-refractivity contribution < 1.29 is 18.7 Å². The third-order valence-corrected chi connectivity index (χ3v) is 4.98. The summed E-state index contributed by atoms with van der Waals surface area (Å²) in [5.41, 5.74) is 0.568. The summed E-state index contributed by atoms with van der Waals surface area (Å²) in [5, 5.41) is 8.29. The molecule has 1 unspecified atom stereocenters. The Morgan fingerprint density at radius 1 is 1.14 bits per heavy atom. The number of nitrogens with zero attached hydrogens (tertiary/aromatic N) is 3. The van der Waals surface area contributed by atoms with Crippen LogP contribution in [0.4, 0.5) is 0 Å². The van der Waals surface area contributed by atoms with Gasteiger partial charge in [0.25, 0.3) is 11.8 Å². The first-order chi connectivity index (χ1) is 14.2. The maximum atomic E-state index is 13.0. The van der Waals surface area contributed by atoms with Gasteiger partial charge >= 0.3 is 0 Å². The van der Waals surface area contributed by atoms with Crippen molar-refractivity contribution in [3.63, 3.8) is 0 Å². The van der Waals surface area contributed by atoms with Gasteiger partial charge in [-0.1, -0.05) is 30.3 Å². The van der Waals surface area contributed by atoms with Gasteiger partial charge in [-0.05, 0) is 37.1 Å². The minimum atomic E-state index is -0.0423. The summed E-state index contributed by atoms with van der Waals surface area (Å²) in [4.78, 5) is 14.8. The summed E-state index contributed by atoms with van der Waals surface area (Å²) in [7, 11) is 1.57. The van der Waals surface area contributed by atoms with E-state index >= 15 is 0 Å².